The van der Waals surface area contributed by atoms with Crippen LogP contribution in [0.1, 0.15) is 22.8 Å². The molecule has 0 heterocycles. The van der Waals surface area contributed by atoms with Gasteiger partial charge in [-0.25, -0.2) is 0 Å². The molecule has 3 nitrogen and oxygen atoms in total. The van der Waals surface area contributed by atoms with Gasteiger partial charge in [-0.2, -0.15) is 5.10 Å². The summed E-state index contributed by atoms with van der Waals surface area (Å²) in [5.41, 5.74) is 2.55. The minimum atomic E-state index is -2.11. The van der Waals surface area contributed by atoms with Crippen LogP contribution in [0.15, 0.2) is 162 Å². The molecule has 0 atom stereocenters. The molecule has 5 rings (SSSR count). The van der Waals surface area contributed by atoms with E-state index in [-0.39, 0.29) is 5.78 Å². The maximum Gasteiger partial charge on any atom is 0.213 e. The first kappa shape index (κ1) is 26.2. The Hall–Kier alpha value is -4.46. The zero-order chi connectivity index (χ0) is 26.9. The summed E-state index contributed by atoms with van der Waals surface area (Å²) in [5, 5.41) is 13.2. The van der Waals surface area contributed by atoms with Gasteiger partial charge in [0.05, 0.1) is 5.71 Å². The van der Waals surface area contributed by atoms with Crippen molar-refractivity contribution in [2.75, 3.05) is 6.16 Å². The molecule has 190 valence electrons. The number of hydrogen-bond donors (Lipinski definition) is 0. The molecule has 4 heteroatoms. The molecule has 0 radical (unpaired) electrons. The van der Waals surface area contributed by atoms with Crippen molar-refractivity contribution in [1.29, 1.82) is 0 Å². The number of rotatable bonds is 9. The van der Waals surface area contributed by atoms with Crippen LogP contribution in [-0.4, -0.2) is 23.4 Å². The van der Waals surface area contributed by atoms with E-state index in [4.69, 9.17) is 5.10 Å². The maximum absolute atomic E-state index is 13.5. The van der Waals surface area contributed by atoms with Gasteiger partial charge >= 0.3 is 0 Å². The second-order valence-electron chi connectivity index (χ2n) is 9.32. The van der Waals surface area contributed by atoms with Crippen molar-refractivity contribution in [3.8, 4) is 0 Å². The summed E-state index contributed by atoms with van der Waals surface area (Å²) in [7, 11) is -2.11. The Morgan fingerprint density at radius 2 is 0.872 bits per heavy atom. The molecular weight excluding hydrogens is 495 g/mol. The number of Topliss-reactive ketones (excluding diaryl/α,β-unsaturated/α-hetero) is 1. The number of hydrogen-bond acceptors (Lipinski definition) is 3. The van der Waals surface area contributed by atoms with Gasteiger partial charge in [0.25, 0.3) is 0 Å². The molecule has 0 bridgehead atoms. The summed E-state index contributed by atoms with van der Waals surface area (Å²) in [4.78, 5) is 13.5. The highest BCUT2D eigenvalue weighted by Crippen LogP contribution is 2.55. The fraction of sp³-hybridized carbons (Fsp3) is 0.0571. The van der Waals surface area contributed by atoms with Crippen molar-refractivity contribution in [3.05, 3.63) is 163 Å². The summed E-state index contributed by atoms with van der Waals surface area (Å²) in [6, 6.07) is 50.9. The molecule has 0 saturated carbocycles. The van der Waals surface area contributed by atoms with Gasteiger partial charge in [-0.3, -0.25) is 4.79 Å². The van der Waals surface area contributed by atoms with Crippen LogP contribution in [0.5, 0.6) is 0 Å². The quantitative estimate of drug-likeness (QED) is 0.0911. The molecule has 0 amide bonds. The second-order valence-corrected chi connectivity index (χ2v) is 12.8. The molecule has 0 saturated heterocycles. The van der Waals surface area contributed by atoms with E-state index in [9.17, 15) is 4.79 Å². The van der Waals surface area contributed by atoms with Gasteiger partial charge in [0.1, 0.15) is 35.0 Å². The zero-order valence-corrected chi connectivity index (χ0v) is 22.8. The molecule has 0 fully saturated rings. The monoisotopic (exact) mass is 525 g/mol. The highest BCUT2D eigenvalue weighted by Gasteiger charge is 2.45. The molecule has 0 N–H and O–H groups in total. The topological polar surface area (TPSA) is 41.8 Å². The molecule has 0 aliphatic heterocycles. The van der Waals surface area contributed by atoms with Crippen LogP contribution in [0.3, 0.4) is 0 Å². The molecule has 0 aromatic heterocycles. The Labute approximate surface area is 230 Å². The van der Waals surface area contributed by atoms with Crippen LogP contribution in [-0.2, 0) is 0 Å². The fourth-order valence-corrected chi connectivity index (χ4v) is 9.07. The van der Waals surface area contributed by atoms with Gasteiger partial charge in [-0.1, -0.05) is 115 Å². The third-order valence-corrected chi connectivity index (χ3v) is 11.1. The molecule has 39 heavy (non-hydrogen) atoms. The van der Waals surface area contributed by atoms with E-state index in [1.165, 1.54) is 15.9 Å². The smallest absolute Gasteiger partial charge is 0.213 e. The van der Waals surface area contributed by atoms with E-state index in [0.29, 0.717) is 17.4 Å². The lowest BCUT2D eigenvalue weighted by molar-refractivity contribution is 0.106. The Kier molecular flexibility index (Phi) is 8.31. The maximum atomic E-state index is 13.5. The molecule has 0 spiro atoms. The summed E-state index contributed by atoms with van der Waals surface area (Å²) >= 11 is 0. The Balaban J connectivity index is 1.63. The highest BCUT2D eigenvalue weighted by atomic mass is 31.2. The minimum Gasteiger partial charge on any atom is -0.287 e. The van der Waals surface area contributed by atoms with E-state index >= 15 is 0 Å². The zero-order valence-electron chi connectivity index (χ0n) is 21.9. The van der Waals surface area contributed by atoms with Gasteiger partial charge in [0.15, 0.2) is 0 Å². The summed E-state index contributed by atoms with van der Waals surface area (Å²) in [6.45, 7) is 2.02. The van der Waals surface area contributed by atoms with Gasteiger partial charge < -0.3 is 0 Å². The van der Waals surface area contributed by atoms with Crippen molar-refractivity contribution in [1.82, 2.24) is 0 Å². The molecule has 0 unspecified atom stereocenters. The van der Waals surface area contributed by atoms with Crippen LogP contribution in [0.25, 0.3) is 0 Å². The lowest BCUT2D eigenvalue weighted by Gasteiger charge is -2.27. The number of carbonyl (C=O) groups is 1. The van der Waals surface area contributed by atoms with E-state index in [1.54, 1.807) is 0 Å². The van der Waals surface area contributed by atoms with Crippen LogP contribution < -0.4 is 15.9 Å². The van der Waals surface area contributed by atoms with Crippen molar-refractivity contribution < 1.29 is 4.79 Å². The van der Waals surface area contributed by atoms with Crippen molar-refractivity contribution in [3.63, 3.8) is 0 Å². The third-order valence-electron chi connectivity index (χ3n) is 6.68. The van der Waals surface area contributed by atoms with Gasteiger partial charge in [0, 0.05) is 11.1 Å². The van der Waals surface area contributed by atoms with E-state index in [0.717, 1.165) is 11.3 Å². The Bertz CT molecular complexity index is 1470. The predicted molar refractivity (Wildman–Crippen MR) is 167 cm³/mol. The first-order chi connectivity index (χ1) is 19.2. The first-order valence-electron chi connectivity index (χ1n) is 13.0. The molecular formula is C35H30N2OP+. The average Bonchev–Trinajstić information content (AvgIpc) is 3.02. The summed E-state index contributed by atoms with van der Waals surface area (Å²) in [6.07, 6.45) is 0.705. The van der Waals surface area contributed by atoms with Crippen LogP contribution >= 0.6 is 7.26 Å². The molecule has 0 aliphatic rings. The largest absolute Gasteiger partial charge is 0.287 e. The van der Waals surface area contributed by atoms with Crippen molar-refractivity contribution in [2.45, 2.75) is 6.92 Å². The number of nitrogens with zero attached hydrogens (tertiary/aromatic N) is 2. The molecule has 5 aromatic rings. The Morgan fingerprint density at radius 3 is 1.28 bits per heavy atom. The lowest BCUT2D eigenvalue weighted by Crippen LogP contribution is -2.35. The van der Waals surface area contributed by atoms with E-state index in [1.807, 2.05) is 67.6 Å². The molecule has 5 aromatic carbocycles. The average molecular weight is 526 g/mol. The van der Waals surface area contributed by atoms with Crippen LogP contribution in [0.2, 0.25) is 0 Å². The normalized spacial score (nSPS) is 12.2. The van der Waals surface area contributed by atoms with Crippen LogP contribution in [0, 0.1) is 0 Å². The fourth-order valence-electron chi connectivity index (χ4n) is 4.84. The summed E-state index contributed by atoms with van der Waals surface area (Å²) in [5.74, 6) is -0.145. The van der Waals surface area contributed by atoms with Gasteiger partial charge in [-0.15, -0.1) is 5.10 Å². The SMILES string of the molecule is C/C(C[P+](c1ccccc1)(c1ccccc1)c1ccccc1)=N/N=C(\C(=O)c1ccccc1)c1ccccc1. The van der Waals surface area contributed by atoms with E-state index < -0.39 is 7.26 Å². The van der Waals surface area contributed by atoms with Gasteiger partial charge in [0.2, 0.25) is 5.78 Å². The van der Waals surface area contributed by atoms with Crippen LogP contribution in [0.4, 0.5) is 0 Å². The highest BCUT2D eigenvalue weighted by molar-refractivity contribution is 7.96. The number of carbonyl (C=O) groups excluding carboxylic acids is 1. The summed E-state index contributed by atoms with van der Waals surface area (Å²) < 4.78 is 0. The lowest BCUT2D eigenvalue weighted by atomic mass is 10.0. The predicted octanol–water partition coefficient (Wildman–Crippen LogP) is 6.73. The standard InChI is InChI=1S/C35H30N2OP/c1-28(36-37-34(29-17-7-2-8-18-29)35(38)30-19-9-3-10-20-30)27-39(31-21-11-4-12-22-31,32-23-13-5-14-24-32)33-25-15-6-16-26-33/h2-26H,27H2,1H3/q+1/b36-28-,37-34-. The molecule has 0 aliphatic carbocycles. The van der Waals surface area contributed by atoms with Crippen molar-refractivity contribution >= 4 is 40.4 Å². The Morgan fingerprint density at radius 1 is 0.513 bits per heavy atom. The minimum absolute atomic E-state index is 0.145. The van der Waals surface area contributed by atoms with Crippen molar-refractivity contribution in [2.24, 2.45) is 10.2 Å². The van der Waals surface area contributed by atoms with Gasteiger partial charge in [-0.05, 0) is 43.3 Å². The third kappa shape index (κ3) is 5.85. The second kappa shape index (κ2) is 12.4. The first-order valence-corrected chi connectivity index (χ1v) is 15.0. The van der Waals surface area contributed by atoms with E-state index in [2.05, 4.69) is 96.1 Å². The number of benzene rings is 5. The number of ketones is 1.